The van der Waals surface area contributed by atoms with Gasteiger partial charge in [-0.15, -0.1) is 0 Å². The van der Waals surface area contributed by atoms with Gasteiger partial charge in [0, 0.05) is 38.3 Å². The fraction of sp³-hybridized carbons (Fsp3) is 0.579. The topological polar surface area (TPSA) is 72.9 Å². The summed E-state index contributed by atoms with van der Waals surface area (Å²) in [5, 5.41) is 11.9. The summed E-state index contributed by atoms with van der Waals surface area (Å²) in [7, 11) is 1.69. The molecule has 1 saturated carbocycles. The third-order valence-electron chi connectivity index (χ3n) is 4.63. The van der Waals surface area contributed by atoms with Crippen molar-refractivity contribution in [1.29, 1.82) is 0 Å². The van der Waals surface area contributed by atoms with Crippen molar-refractivity contribution in [2.45, 2.75) is 39.2 Å². The van der Waals surface area contributed by atoms with Crippen molar-refractivity contribution in [3.05, 3.63) is 29.3 Å². The number of anilines is 1. The number of amides is 2. The van der Waals surface area contributed by atoms with Crippen LogP contribution in [-0.2, 0) is 9.59 Å². The first-order chi connectivity index (χ1) is 11.9. The van der Waals surface area contributed by atoms with Crippen LogP contribution in [0.1, 0.15) is 30.4 Å². The van der Waals surface area contributed by atoms with Crippen LogP contribution in [0, 0.1) is 13.8 Å². The molecule has 0 unspecified atom stereocenters. The summed E-state index contributed by atoms with van der Waals surface area (Å²) in [6.07, 6.45) is 2.53. The second kappa shape index (κ2) is 8.97. The highest BCUT2D eigenvalue weighted by atomic mass is 16.3. The molecular weight excluding hydrogens is 318 g/mol. The Morgan fingerprint density at radius 1 is 1.20 bits per heavy atom. The number of carbonyl (C=O) groups excluding carboxylic acids is 2. The number of para-hydroxylation sites is 1. The summed E-state index contributed by atoms with van der Waals surface area (Å²) in [6.45, 7) is 5.14. The molecule has 0 aromatic heterocycles. The van der Waals surface area contributed by atoms with Crippen molar-refractivity contribution in [1.82, 2.24) is 9.80 Å². The number of carbonyl (C=O) groups is 2. The highest BCUT2D eigenvalue weighted by Crippen LogP contribution is 2.27. The summed E-state index contributed by atoms with van der Waals surface area (Å²) in [5.74, 6) is -0.0460. The third-order valence-corrected chi connectivity index (χ3v) is 4.63. The summed E-state index contributed by atoms with van der Waals surface area (Å²) in [5.41, 5.74) is 2.97. The Hall–Kier alpha value is -1.92. The normalized spacial score (nSPS) is 13.8. The molecule has 0 saturated heterocycles. The largest absolute Gasteiger partial charge is 0.395 e. The van der Waals surface area contributed by atoms with Crippen molar-refractivity contribution in [2.75, 3.05) is 38.6 Å². The van der Waals surface area contributed by atoms with Gasteiger partial charge in [0.25, 0.3) is 0 Å². The molecule has 1 aliphatic rings. The Balaban J connectivity index is 1.89. The monoisotopic (exact) mass is 347 g/mol. The first-order valence-corrected chi connectivity index (χ1v) is 8.87. The number of nitrogens with zero attached hydrogens (tertiary/aromatic N) is 2. The summed E-state index contributed by atoms with van der Waals surface area (Å²) in [4.78, 5) is 28.1. The number of rotatable bonds is 9. The molecule has 0 aliphatic heterocycles. The number of aliphatic hydroxyl groups excluding tert-OH is 1. The maximum absolute atomic E-state index is 12.5. The van der Waals surface area contributed by atoms with Gasteiger partial charge in [0.05, 0.1) is 13.2 Å². The lowest BCUT2D eigenvalue weighted by atomic mass is 10.1. The van der Waals surface area contributed by atoms with E-state index in [1.54, 1.807) is 7.05 Å². The maximum atomic E-state index is 12.5. The summed E-state index contributed by atoms with van der Waals surface area (Å²) >= 11 is 0. The molecule has 1 aromatic rings. The number of likely N-dealkylation sites (N-methyl/N-ethyl adjacent to an activating group) is 1. The molecule has 0 bridgehead atoms. The van der Waals surface area contributed by atoms with Crippen LogP contribution in [0.2, 0.25) is 0 Å². The van der Waals surface area contributed by atoms with Gasteiger partial charge < -0.3 is 15.3 Å². The second-order valence-electron chi connectivity index (χ2n) is 6.81. The lowest BCUT2D eigenvalue weighted by molar-refractivity contribution is -0.131. The maximum Gasteiger partial charge on any atom is 0.238 e. The molecule has 6 heteroatoms. The molecule has 0 spiro atoms. The van der Waals surface area contributed by atoms with Crippen LogP contribution in [0.15, 0.2) is 18.2 Å². The van der Waals surface area contributed by atoms with Crippen LogP contribution < -0.4 is 5.32 Å². The first kappa shape index (κ1) is 19.4. The lowest BCUT2D eigenvalue weighted by Gasteiger charge is -2.23. The number of benzene rings is 1. The number of hydrogen-bond acceptors (Lipinski definition) is 4. The van der Waals surface area contributed by atoms with Crippen molar-refractivity contribution < 1.29 is 14.7 Å². The smallest absolute Gasteiger partial charge is 0.238 e. The van der Waals surface area contributed by atoms with Gasteiger partial charge in [-0.25, -0.2) is 0 Å². The molecule has 138 valence electrons. The molecule has 2 N–H and O–H groups in total. The average molecular weight is 347 g/mol. The van der Waals surface area contributed by atoms with Gasteiger partial charge in [-0.1, -0.05) is 18.2 Å². The Labute approximate surface area is 149 Å². The zero-order valence-corrected chi connectivity index (χ0v) is 15.4. The lowest BCUT2D eigenvalue weighted by Crippen LogP contribution is -2.38. The predicted molar refractivity (Wildman–Crippen MR) is 98.5 cm³/mol. The molecule has 0 heterocycles. The van der Waals surface area contributed by atoms with Crippen molar-refractivity contribution in [3.63, 3.8) is 0 Å². The van der Waals surface area contributed by atoms with Gasteiger partial charge in [-0.3, -0.25) is 14.5 Å². The van der Waals surface area contributed by atoms with Crippen LogP contribution in [0.3, 0.4) is 0 Å². The van der Waals surface area contributed by atoms with E-state index in [4.69, 9.17) is 5.11 Å². The molecular formula is C19H29N3O3. The molecule has 2 rings (SSSR count). The van der Waals surface area contributed by atoms with Crippen LogP contribution in [-0.4, -0.2) is 66.1 Å². The van der Waals surface area contributed by atoms with E-state index < -0.39 is 0 Å². The van der Waals surface area contributed by atoms with Gasteiger partial charge in [0.2, 0.25) is 11.8 Å². The third kappa shape index (κ3) is 5.83. The number of aliphatic hydroxyl groups is 1. The minimum Gasteiger partial charge on any atom is -0.395 e. The summed E-state index contributed by atoms with van der Waals surface area (Å²) < 4.78 is 0. The Bertz CT molecular complexity index is 594. The van der Waals surface area contributed by atoms with E-state index in [-0.39, 0.29) is 18.4 Å². The van der Waals surface area contributed by atoms with Gasteiger partial charge in [0.1, 0.15) is 0 Å². The van der Waals surface area contributed by atoms with E-state index in [9.17, 15) is 9.59 Å². The van der Waals surface area contributed by atoms with Gasteiger partial charge in [-0.2, -0.15) is 0 Å². The fourth-order valence-corrected chi connectivity index (χ4v) is 2.91. The van der Waals surface area contributed by atoms with Crippen LogP contribution in [0.25, 0.3) is 0 Å². The first-order valence-electron chi connectivity index (χ1n) is 8.87. The second-order valence-corrected chi connectivity index (χ2v) is 6.81. The molecule has 1 fully saturated rings. The van der Waals surface area contributed by atoms with Crippen LogP contribution in [0.4, 0.5) is 5.69 Å². The minimum atomic E-state index is -0.0412. The van der Waals surface area contributed by atoms with E-state index in [1.807, 2.05) is 32.0 Å². The molecule has 1 aliphatic carbocycles. The van der Waals surface area contributed by atoms with E-state index in [0.29, 0.717) is 32.1 Å². The standard InChI is InChI=1S/C19H29N3O3/c1-14-5-4-6-15(2)19(14)20-17(24)13-22(16-7-8-16)10-9-18(25)21(3)11-12-23/h4-6,16,23H,7-13H2,1-3H3,(H,20,24). The molecule has 1 aromatic carbocycles. The molecule has 6 nitrogen and oxygen atoms in total. The van der Waals surface area contributed by atoms with E-state index >= 15 is 0 Å². The molecule has 2 amide bonds. The molecule has 0 atom stereocenters. The fourth-order valence-electron chi connectivity index (χ4n) is 2.91. The molecule has 25 heavy (non-hydrogen) atoms. The predicted octanol–water partition coefficient (Wildman–Crippen LogP) is 1.55. The van der Waals surface area contributed by atoms with E-state index in [2.05, 4.69) is 10.2 Å². The average Bonchev–Trinajstić information content (AvgIpc) is 3.40. The van der Waals surface area contributed by atoms with Crippen molar-refractivity contribution in [3.8, 4) is 0 Å². The number of nitrogens with one attached hydrogen (secondary N) is 1. The Morgan fingerprint density at radius 3 is 2.40 bits per heavy atom. The van der Waals surface area contributed by atoms with Gasteiger partial charge in [0.15, 0.2) is 0 Å². The zero-order chi connectivity index (χ0) is 18.4. The minimum absolute atomic E-state index is 0.00476. The van der Waals surface area contributed by atoms with Crippen LogP contribution in [0.5, 0.6) is 0 Å². The van der Waals surface area contributed by atoms with Gasteiger partial charge in [-0.05, 0) is 37.8 Å². The van der Waals surface area contributed by atoms with Crippen LogP contribution >= 0.6 is 0 Å². The number of hydrogen-bond donors (Lipinski definition) is 2. The van der Waals surface area contributed by atoms with Crippen molar-refractivity contribution >= 4 is 17.5 Å². The quantitative estimate of drug-likeness (QED) is 0.711. The van der Waals surface area contributed by atoms with Gasteiger partial charge >= 0.3 is 0 Å². The summed E-state index contributed by atoms with van der Waals surface area (Å²) in [6, 6.07) is 6.35. The Morgan fingerprint density at radius 2 is 1.84 bits per heavy atom. The zero-order valence-electron chi connectivity index (χ0n) is 15.4. The van der Waals surface area contributed by atoms with E-state index in [0.717, 1.165) is 29.7 Å². The Kier molecular flexibility index (Phi) is 6.96. The van der Waals surface area contributed by atoms with Crippen molar-refractivity contribution in [2.24, 2.45) is 0 Å². The molecule has 0 radical (unpaired) electrons. The highest BCUT2D eigenvalue weighted by Gasteiger charge is 2.30. The van der Waals surface area contributed by atoms with E-state index in [1.165, 1.54) is 4.90 Å². The highest BCUT2D eigenvalue weighted by molar-refractivity contribution is 5.93. The SMILES string of the molecule is Cc1cccc(C)c1NC(=O)CN(CCC(=O)N(C)CCO)C1CC1. The number of aryl methyl sites for hydroxylation is 2.